The quantitative estimate of drug-likeness (QED) is 0.642. The van der Waals surface area contributed by atoms with Crippen LogP contribution >= 0.6 is 38.9 Å². The van der Waals surface area contributed by atoms with Gasteiger partial charge in [-0.2, -0.15) is 0 Å². The van der Waals surface area contributed by atoms with Gasteiger partial charge in [-0.15, -0.1) is 11.3 Å². The highest BCUT2D eigenvalue weighted by Crippen LogP contribution is 2.41. The number of halogens is 2. The smallest absolute Gasteiger partial charge is 0.0758 e. The third kappa shape index (κ3) is 2.20. The van der Waals surface area contributed by atoms with Gasteiger partial charge in [-0.1, -0.05) is 45.7 Å². The zero-order valence-corrected chi connectivity index (χ0v) is 12.3. The van der Waals surface area contributed by atoms with Gasteiger partial charge in [0.25, 0.3) is 0 Å². The number of hydrogen-bond donors (Lipinski definition) is 0. The molecule has 0 N–H and O–H groups in total. The first-order valence-corrected chi connectivity index (χ1v) is 7.21. The number of thiophene rings is 1. The maximum absolute atomic E-state index is 6.17. The molecule has 0 fully saturated rings. The van der Waals surface area contributed by atoms with Crippen LogP contribution in [0.1, 0.15) is 26.4 Å². The van der Waals surface area contributed by atoms with E-state index in [0.717, 1.165) is 5.02 Å². The van der Waals surface area contributed by atoms with E-state index in [-0.39, 0.29) is 4.83 Å². The predicted molar refractivity (Wildman–Crippen MR) is 76.0 cm³/mol. The molecule has 0 aliphatic rings. The summed E-state index contributed by atoms with van der Waals surface area (Å²) in [5.41, 5.74) is 3.92. The molecule has 16 heavy (non-hydrogen) atoms. The Morgan fingerprint density at radius 2 is 1.81 bits per heavy atom. The maximum atomic E-state index is 6.17. The van der Waals surface area contributed by atoms with Crippen LogP contribution in [0, 0.1) is 13.8 Å². The molecule has 0 saturated heterocycles. The highest BCUT2D eigenvalue weighted by molar-refractivity contribution is 9.09. The Morgan fingerprint density at radius 3 is 2.31 bits per heavy atom. The molecule has 1 unspecified atom stereocenters. The van der Waals surface area contributed by atoms with Crippen molar-refractivity contribution in [1.29, 1.82) is 0 Å². The van der Waals surface area contributed by atoms with Crippen LogP contribution in [-0.2, 0) is 0 Å². The molecule has 0 aliphatic carbocycles. The molecular formula is C13H12BrClS. The van der Waals surface area contributed by atoms with Crippen LogP contribution in [0.25, 0.3) is 0 Å². The van der Waals surface area contributed by atoms with Gasteiger partial charge >= 0.3 is 0 Å². The van der Waals surface area contributed by atoms with Crippen molar-refractivity contribution in [2.75, 3.05) is 0 Å². The van der Waals surface area contributed by atoms with Gasteiger partial charge in [0.15, 0.2) is 0 Å². The highest BCUT2D eigenvalue weighted by atomic mass is 79.9. The van der Waals surface area contributed by atoms with Gasteiger partial charge in [0, 0.05) is 4.88 Å². The third-order valence-electron chi connectivity index (χ3n) is 2.67. The normalized spacial score (nSPS) is 12.8. The Labute approximate surface area is 113 Å². The molecule has 0 amide bonds. The molecule has 0 radical (unpaired) electrons. The Bertz CT molecular complexity index is 484. The van der Waals surface area contributed by atoms with Crippen LogP contribution in [0.15, 0.2) is 29.6 Å². The largest absolute Gasteiger partial charge is 0.146 e. The van der Waals surface area contributed by atoms with Crippen molar-refractivity contribution in [2.45, 2.75) is 18.7 Å². The first-order chi connectivity index (χ1) is 7.61. The van der Waals surface area contributed by atoms with E-state index in [4.69, 9.17) is 11.6 Å². The Balaban J connectivity index is 2.49. The topological polar surface area (TPSA) is 0 Å². The Kier molecular flexibility index (Phi) is 3.73. The highest BCUT2D eigenvalue weighted by Gasteiger charge is 2.18. The summed E-state index contributed by atoms with van der Waals surface area (Å²) >= 11 is 11.6. The van der Waals surface area contributed by atoms with Crippen LogP contribution in [0.3, 0.4) is 0 Å². The minimum atomic E-state index is 0.196. The lowest BCUT2D eigenvalue weighted by atomic mass is 9.99. The first kappa shape index (κ1) is 12.2. The molecule has 84 valence electrons. The Hall–Kier alpha value is -0.310. The average Bonchev–Trinajstić information content (AvgIpc) is 2.64. The summed E-state index contributed by atoms with van der Waals surface area (Å²) in [4.78, 5) is 1.38. The average molecular weight is 316 g/mol. The summed E-state index contributed by atoms with van der Waals surface area (Å²) in [6.45, 7) is 4.27. The zero-order chi connectivity index (χ0) is 11.7. The van der Waals surface area contributed by atoms with Crippen LogP contribution in [0.5, 0.6) is 0 Å². The molecular weight excluding hydrogens is 304 g/mol. The molecule has 2 rings (SSSR count). The SMILES string of the molecule is Cc1cccc(C)c1C(Br)c1sccc1Cl. The molecule has 2 aromatic rings. The molecule has 1 aromatic carbocycles. The van der Waals surface area contributed by atoms with Gasteiger partial charge in [0.05, 0.1) is 9.85 Å². The molecule has 0 nitrogen and oxygen atoms in total. The maximum Gasteiger partial charge on any atom is 0.0758 e. The minimum Gasteiger partial charge on any atom is -0.146 e. The van der Waals surface area contributed by atoms with Gasteiger partial charge in [-0.05, 0) is 42.0 Å². The summed E-state index contributed by atoms with van der Waals surface area (Å²) in [6.07, 6.45) is 0. The van der Waals surface area contributed by atoms with E-state index in [1.807, 2.05) is 11.4 Å². The van der Waals surface area contributed by atoms with E-state index in [0.29, 0.717) is 0 Å². The van der Waals surface area contributed by atoms with Gasteiger partial charge in [0.2, 0.25) is 0 Å². The van der Waals surface area contributed by atoms with Gasteiger partial charge in [-0.3, -0.25) is 0 Å². The van der Waals surface area contributed by atoms with E-state index in [9.17, 15) is 0 Å². The molecule has 1 atom stereocenters. The van der Waals surface area contributed by atoms with E-state index >= 15 is 0 Å². The van der Waals surface area contributed by atoms with Crippen molar-refractivity contribution >= 4 is 38.9 Å². The second kappa shape index (κ2) is 4.91. The summed E-state index contributed by atoms with van der Waals surface area (Å²) < 4.78 is 0. The first-order valence-electron chi connectivity index (χ1n) is 5.04. The molecule has 3 heteroatoms. The van der Waals surface area contributed by atoms with Crippen molar-refractivity contribution in [3.8, 4) is 0 Å². The monoisotopic (exact) mass is 314 g/mol. The van der Waals surface area contributed by atoms with E-state index in [1.165, 1.54) is 21.6 Å². The van der Waals surface area contributed by atoms with Crippen LogP contribution in [-0.4, -0.2) is 0 Å². The summed E-state index contributed by atoms with van der Waals surface area (Å²) in [7, 11) is 0. The van der Waals surface area contributed by atoms with Gasteiger partial charge < -0.3 is 0 Å². The fourth-order valence-corrected chi connectivity index (χ4v) is 4.42. The number of alkyl halides is 1. The number of hydrogen-bond acceptors (Lipinski definition) is 1. The van der Waals surface area contributed by atoms with Gasteiger partial charge in [-0.25, -0.2) is 0 Å². The zero-order valence-electron chi connectivity index (χ0n) is 9.13. The standard InChI is InChI=1S/C13H12BrClS/c1-8-4-3-5-9(2)11(8)12(14)13-10(15)6-7-16-13/h3-7,12H,1-2H3. The van der Waals surface area contributed by atoms with Gasteiger partial charge in [0.1, 0.15) is 0 Å². The van der Waals surface area contributed by atoms with Crippen LogP contribution in [0.2, 0.25) is 5.02 Å². The van der Waals surface area contributed by atoms with Crippen LogP contribution in [0.4, 0.5) is 0 Å². The Morgan fingerprint density at radius 1 is 1.19 bits per heavy atom. The van der Waals surface area contributed by atoms with Crippen molar-refractivity contribution in [3.63, 3.8) is 0 Å². The lowest BCUT2D eigenvalue weighted by Gasteiger charge is -2.15. The fourth-order valence-electron chi connectivity index (χ4n) is 1.84. The predicted octanol–water partition coefficient (Wildman–Crippen LogP) is 5.50. The number of aryl methyl sites for hydroxylation is 2. The fraction of sp³-hybridized carbons (Fsp3) is 0.231. The summed E-state index contributed by atoms with van der Waals surface area (Å²) in [5, 5.41) is 2.87. The molecule has 0 aliphatic heterocycles. The lowest BCUT2D eigenvalue weighted by Crippen LogP contribution is -1.97. The van der Waals surface area contributed by atoms with Crippen molar-refractivity contribution in [2.24, 2.45) is 0 Å². The second-order valence-corrected chi connectivity index (χ2v) is 6.07. The van der Waals surface area contributed by atoms with Crippen molar-refractivity contribution in [1.82, 2.24) is 0 Å². The molecule has 0 saturated carbocycles. The van der Waals surface area contributed by atoms with Crippen molar-refractivity contribution < 1.29 is 0 Å². The third-order valence-corrected chi connectivity index (χ3v) is 5.31. The minimum absolute atomic E-state index is 0.196. The number of benzene rings is 1. The summed E-state index contributed by atoms with van der Waals surface area (Å²) in [5.74, 6) is 0. The molecule has 1 heterocycles. The molecule has 0 spiro atoms. The lowest BCUT2D eigenvalue weighted by molar-refractivity contribution is 1.14. The second-order valence-electron chi connectivity index (χ2n) is 3.80. The number of rotatable bonds is 2. The van der Waals surface area contributed by atoms with Crippen molar-refractivity contribution in [3.05, 3.63) is 56.2 Å². The summed E-state index contributed by atoms with van der Waals surface area (Å²) in [6, 6.07) is 8.31. The molecule has 1 aromatic heterocycles. The van der Waals surface area contributed by atoms with Crippen LogP contribution < -0.4 is 0 Å². The van der Waals surface area contributed by atoms with E-state index in [2.05, 4.69) is 48.0 Å². The van der Waals surface area contributed by atoms with E-state index < -0.39 is 0 Å². The molecule has 0 bridgehead atoms. The van der Waals surface area contributed by atoms with E-state index in [1.54, 1.807) is 11.3 Å².